The van der Waals surface area contributed by atoms with Crippen LogP contribution in [-0.4, -0.2) is 44.8 Å². The minimum Gasteiger partial charge on any atom is -0.398 e. The highest BCUT2D eigenvalue weighted by atomic mass is 32.2. The van der Waals surface area contributed by atoms with Gasteiger partial charge in [-0.15, -0.1) is 11.3 Å². The number of rotatable bonds is 4. The molecule has 1 amide bonds. The summed E-state index contributed by atoms with van der Waals surface area (Å²) < 4.78 is 22.0. The van der Waals surface area contributed by atoms with Gasteiger partial charge in [-0.25, -0.2) is 8.42 Å². The Hall–Kier alpha value is -1.08. The summed E-state index contributed by atoms with van der Waals surface area (Å²) in [5.41, 5.74) is 6.26. The first-order chi connectivity index (χ1) is 7.70. The van der Waals surface area contributed by atoms with Gasteiger partial charge in [0.05, 0.1) is 10.6 Å². The zero-order valence-electron chi connectivity index (χ0n) is 10.1. The second-order valence-electron chi connectivity index (χ2n) is 3.98. The van der Waals surface area contributed by atoms with Crippen molar-refractivity contribution in [1.82, 2.24) is 4.90 Å². The van der Waals surface area contributed by atoms with Crippen molar-refractivity contribution in [2.75, 3.05) is 31.3 Å². The molecule has 0 spiro atoms. The molecule has 0 radical (unpaired) electrons. The number of nitrogens with two attached hydrogens (primary N) is 1. The molecule has 0 aliphatic carbocycles. The Kier molecular flexibility index (Phi) is 4.16. The van der Waals surface area contributed by atoms with Gasteiger partial charge in [-0.2, -0.15) is 0 Å². The van der Waals surface area contributed by atoms with Gasteiger partial charge in [0.15, 0.2) is 0 Å². The maximum absolute atomic E-state index is 11.9. The van der Waals surface area contributed by atoms with Crippen LogP contribution in [0.4, 0.5) is 5.69 Å². The van der Waals surface area contributed by atoms with E-state index in [0.29, 0.717) is 10.6 Å². The molecule has 2 N–H and O–H groups in total. The van der Waals surface area contributed by atoms with Crippen molar-refractivity contribution in [3.8, 4) is 0 Å². The molecule has 0 atom stereocenters. The molecule has 1 aromatic rings. The quantitative estimate of drug-likeness (QED) is 0.880. The van der Waals surface area contributed by atoms with Gasteiger partial charge in [-0.3, -0.25) is 4.79 Å². The second kappa shape index (κ2) is 5.05. The van der Waals surface area contributed by atoms with Gasteiger partial charge in [0.25, 0.3) is 5.91 Å². The number of amides is 1. The van der Waals surface area contributed by atoms with Crippen molar-refractivity contribution in [3.63, 3.8) is 0 Å². The number of nitrogens with zero attached hydrogens (tertiary/aromatic N) is 1. The van der Waals surface area contributed by atoms with Gasteiger partial charge in [-0.1, -0.05) is 0 Å². The summed E-state index contributed by atoms with van der Waals surface area (Å²) in [7, 11) is -1.47. The number of hydrogen-bond donors (Lipinski definition) is 1. The highest BCUT2D eigenvalue weighted by Crippen LogP contribution is 2.24. The highest BCUT2D eigenvalue weighted by molar-refractivity contribution is 7.90. The molecule has 0 fully saturated rings. The Morgan fingerprint density at radius 3 is 2.53 bits per heavy atom. The van der Waals surface area contributed by atoms with Crippen LogP contribution in [0.1, 0.15) is 14.5 Å². The molecule has 0 bridgehead atoms. The molecule has 0 saturated carbocycles. The summed E-state index contributed by atoms with van der Waals surface area (Å²) in [6.45, 7) is 2.03. The van der Waals surface area contributed by atoms with Gasteiger partial charge in [0.1, 0.15) is 9.84 Å². The van der Waals surface area contributed by atoms with Crippen LogP contribution in [-0.2, 0) is 9.84 Å². The van der Waals surface area contributed by atoms with E-state index in [1.165, 1.54) is 16.2 Å². The number of carbonyl (C=O) groups is 1. The van der Waals surface area contributed by atoms with Crippen LogP contribution >= 0.6 is 11.3 Å². The molecule has 0 aliphatic heterocycles. The number of nitrogen functional groups attached to an aromatic ring is 1. The molecule has 1 aromatic heterocycles. The average Bonchev–Trinajstić information content (AvgIpc) is 2.53. The summed E-state index contributed by atoms with van der Waals surface area (Å²) in [6, 6.07) is 1.62. The normalized spacial score (nSPS) is 11.5. The van der Waals surface area contributed by atoms with Crippen LogP contribution in [0.15, 0.2) is 6.07 Å². The van der Waals surface area contributed by atoms with E-state index < -0.39 is 9.84 Å². The smallest absolute Gasteiger partial charge is 0.263 e. The minimum atomic E-state index is -3.05. The average molecular weight is 276 g/mol. The first-order valence-corrected chi connectivity index (χ1v) is 7.87. The van der Waals surface area contributed by atoms with Crippen molar-refractivity contribution in [3.05, 3.63) is 15.8 Å². The molecular formula is C10H16N2O3S2. The molecule has 0 aliphatic rings. The van der Waals surface area contributed by atoms with Crippen LogP contribution < -0.4 is 5.73 Å². The second-order valence-corrected chi connectivity index (χ2v) is 7.49. The molecule has 7 heteroatoms. The molecule has 0 unspecified atom stereocenters. The van der Waals surface area contributed by atoms with Gasteiger partial charge < -0.3 is 10.6 Å². The Morgan fingerprint density at radius 2 is 2.12 bits per heavy atom. The summed E-state index contributed by atoms with van der Waals surface area (Å²) in [5, 5.41) is 0. The zero-order valence-corrected chi connectivity index (χ0v) is 11.7. The van der Waals surface area contributed by atoms with Gasteiger partial charge >= 0.3 is 0 Å². The number of anilines is 1. The van der Waals surface area contributed by atoms with Crippen molar-refractivity contribution < 1.29 is 13.2 Å². The van der Waals surface area contributed by atoms with E-state index in [2.05, 4.69) is 0 Å². The standard InChI is InChI=1S/C10H16N2O3S2/c1-7-8(11)6-9(16-7)10(13)12(2)4-5-17(3,14)15/h6H,4-5,11H2,1-3H3. The maximum atomic E-state index is 11.9. The van der Waals surface area contributed by atoms with Crippen molar-refractivity contribution in [1.29, 1.82) is 0 Å². The topological polar surface area (TPSA) is 80.5 Å². The highest BCUT2D eigenvalue weighted by Gasteiger charge is 2.16. The summed E-state index contributed by atoms with van der Waals surface area (Å²) in [6.07, 6.45) is 1.15. The Balaban J connectivity index is 2.70. The van der Waals surface area contributed by atoms with Crippen molar-refractivity contribution in [2.24, 2.45) is 0 Å². The third kappa shape index (κ3) is 4.01. The van der Waals surface area contributed by atoms with Crippen LogP contribution in [0, 0.1) is 6.92 Å². The van der Waals surface area contributed by atoms with Gasteiger partial charge in [0, 0.05) is 30.4 Å². The number of aryl methyl sites for hydroxylation is 1. The maximum Gasteiger partial charge on any atom is 0.263 e. The first-order valence-electron chi connectivity index (χ1n) is 5.00. The fraction of sp³-hybridized carbons (Fsp3) is 0.500. The van der Waals surface area contributed by atoms with Crippen LogP contribution in [0.2, 0.25) is 0 Å². The molecule has 5 nitrogen and oxygen atoms in total. The minimum absolute atomic E-state index is 0.0327. The lowest BCUT2D eigenvalue weighted by molar-refractivity contribution is 0.0808. The number of carbonyl (C=O) groups excluding carboxylic acids is 1. The van der Waals surface area contributed by atoms with E-state index >= 15 is 0 Å². The van der Waals surface area contributed by atoms with Crippen LogP contribution in [0.5, 0.6) is 0 Å². The van der Waals surface area contributed by atoms with E-state index in [1.807, 2.05) is 6.92 Å². The predicted molar refractivity (Wildman–Crippen MR) is 70.1 cm³/mol. The fourth-order valence-electron chi connectivity index (χ4n) is 1.19. The summed E-state index contributed by atoms with van der Waals surface area (Å²) in [4.78, 5) is 14.7. The number of sulfone groups is 1. The van der Waals surface area contributed by atoms with E-state index in [9.17, 15) is 13.2 Å². The Labute approximate surface area is 105 Å². The SMILES string of the molecule is Cc1sc(C(=O)N(C)CCS(C)(=O)=O)cc1N. The lowest BCUT2D eigenvalue weighted by atomic mass is 10.3. The van der Waals surface area contributed by atoms with Crippen LogP contribution in [0.25, 0.3) is 0 Å². The lowest BCUT2D eigenvalue weighted by Gasteiger charge is -2.15. The van der Waals surface area contributed by atoms with Crippen molar-refractivity contribution in [2.45, 2.75) is 6.92 Å². The van der Waals surface area contributed by atoms with Gasteiger partial charge in [0.2, 0.25) is 0 Å². The predicted octanol–water partition coefficient (Wildman–Crippen LogP) is 0.755. The lowest BCUT2D eigenvalue weighted by Crippen LogP contribution is -2.30. The summed E-state index contributed by atoms with van der Waals surface area (Å²) in [5.74, 6) is -0.229. The van der Waals surface area contributed by atoms with E-state index in [1.54, 1.807) is 13.1 Å². The first kappa shape index (κ1) is 14.0. The Morgan fingerprint density at radius 1 is 1.53 bits per heavy atom. The molecule has 0 aromatic carbocycles. The molecule has 17 heavy (non-hydrogen) atoms. The van der Waals surface area contributed by atoms with E-state index in [4.69, 9.17) is 5.73 Å². The molecule has 1 heterocycles. The van der Waals surface area contributed by atoms with Crippen molar-refractivity contribution >= 4 is 32.8 Å². The van der Waals surface area contributed by atoms with E-state index in [0.717, 1.165) is 11.1 Å². The Bertz CT molecular complexity index is 500. The molecule has 96 valence electrons. The summed E-state index contributed by atoms with van der Waals surface area (Å²) >= 11 is 1.32. The third-order valence-electron chi connectivity index (χ3n) is 2.31. The van der Waals surface area contributed by atoms with Crippen LogP contribution in [0.3, 0.4) is 0 Å². The number of hydrogen-bond acceptors (Lipinski definition) is 5. The fourth-order valence-corrected chi connectivity index (χ4v) is 2.74. The molecule has 1 rings (SSSR count). The molecular weight excluding hydrogens is 260 g/mol. The van der Waals surface area contributed by atoms with Gasteiger partial charge in [-0.05, 0) is 13.0 Å². The molecule has 0 saturated heterocycles. The third-order valence-corrected chi connectivity index (χ3v) is 4.29. The van der Waals surface area contributed by atoms with E-state index in [-0.39, 0.29) is 18.2 Å². The zero-order chi connectivity index (χ0) is 13.2. The monoisotopic (exact) mass is 276 g/mol. The number of thiophene rings is 1. The largest absolute Gasteiger partial charge is 0.398 e.